The molecule has 6 nitrogen and oxygen atoms in total. The van der Waals surface area contributed by atoms with E-state index in [2.05, 4.69) is 15.2 Å². The highest BCUT2D eigenvalue weighted by Gasteiger charge is 2.55. The second-order valence-electron chi connectivity index (χ2n) is 9.76. The van der Waals surface area contributed by atoms with E-state index < -0.39 is 24.4 Å². The van der Waals surface area contributed by atoms with Gasteiger partial charge in [0.05, 0.1) is 25.0 Å². The van der Waals surface area contributed by atoms with Gasteiger partial charge in [-0.2, -0.15) is 13.2 Å². The van der Waals surface area contributed by atoms with Crippen LogP contribution in [0.1, 0.15) is 36.0 Å². The second-order valence-corrected chi connectivity index (χ2v) is 10.2. The molecule has 1 saturated heterocycles. The Hall–Kier alpha value is -2.79. The summed E-state index contributed by atoms with van der Waals surface area (Å²) in [7, 11) is 0. The van der Waals surface area contributed by atoms with Crippen LogP contribution >= 0.6 is 11.6 Å². The van der Waals surface area contributed by atoms with E-state index in [0.717, 1.165) is 30.8 Å². The molecule has 184 valence electrons. The van der Waals surface area contributed by atoms with E-state index >= 15 is 0 Å². The Balaban J connectivity index is 1.24. The lowest BCUT2D eigenvalue weighted by Crippen LogP contribution is -2.62. The van der Waals surface area contributed by atoms with Gasteiger partial charge in [-0.1, -0.05) is 11.6 Å². The first-order valence-corrected chi connectivity index (χ1v) is 11.6. The summed E-state index contributed by atoms with van der Waals surface area (Å²) in [6.45, 7) is 0.257. The minimum atomic E-state index is -4.34. The first kappa shape index (κ1) is 22.7. The maximum absolute atomic E-state index is 14.1. The van der Waals surface area contributed by atoms with Crippen molar-refractivity contribution in [3.63, 3.8) is 0 Å². The Kier molecular flexibility index (Phi) is 5.09. The molecule has 12 heteroatoms. The summed E-state index contributed by atoms with van der Waals surface area (Å²) < 4.78 is 68.6. The number of fused-ring (bicyclic) bond motifs is 3. The van der Waals surface area contributed by atoms with Crippen molar-refractivity contribution in [3.05, 3.63) is 64.3 Å². The van der Waals surface area contributed by atoms with Gasteiger partial charge in [-0.05, 0) is 36.6 Å². The van der Waals surface area contributed by atoms with Crippen LogP contribution in [0.5, 0.6) is 0 Å². The Morgan fingerprint density at radius 2 is 1.83 bits per heavy atom. The van der Waals surface area contributed by atoms with Crippen LogP contribution < -0.4 is 4.90 Å². The van der Waals surface area contributed by atoms with Crippen LogP contribution in [-0.2, 0) is 13.1 Å². The molecule has 4 heterocycles. The van der Waals surface area contributed by atoms with Gasteiger partial charge in [0.2, 0.25) is 0 Å². The highest BCUT2D eigenvalue weighted by Crippen LogP contribution is 2.56. The third kappa shape index (κ3) is 4.04. The second kappa shape index (κ2) is 7.86. The summed E-state index contributed by atoms with van der Waals surface area (Å²) in [6.07, 6.45) is -1.75. The molecule has 6 rings (SSSR count). The van der Waals surface area contributed by atoms with Crippen molar-refractivity contribution in [2.45, 2.75) is 38.0 Å². The van der Waals surface area contributed by atoms with Gasteiger partial charge in [-0.25, -0.2) is 13.8 Å². The van der Waals surface area contributed by atoms with Crippen LogP contribution in [-0.4, -0.2) is 50.5 Å². The van der Waals surface area contributed by atoms with Gasteiger partial charge < -0.3 is 4.90 Å². The van der Waals surface area contributed by atoms with Crippen molar-refractivity contribution >= 4 is 17.4 Å². The van der Waals surface area contributed by atoms with Gasteiger partial charge in [0.15, 0.2) is 17.5 Å². The van der Waals surface area contributed by atoms with Gasteiger partial charge in [0.1, 0.15) is 11.6 Å². The van der Waals surface area contributed by atoms with Crippen molar-refractivity contribution < 1.29 is 22.0 Å². The van der Waals surface area contributed by atoms with Crippen molar-refractivity contribution in [3.8, 4) is 5.69 Å². The number of rotatable bonds is 3. The molecule has 0 atom stereocenters. The summed E-state index contributed by atoms with van der Waals surface area (Å²) in [5.74, 6) is -0.00794. The molecule has 3 aromatic rings. The third-order valence-corrected chi connectivity index (χ3v) is 7.30. The van der Waals surface area contributed by atoms with E-state index in [0.29, 0.717) is 35.3 Å². The fraction of sp³-hybridized carbons (Fsp3) is 0.435. The SMILES string of the molecule is Fc1cnc(N2CC3(CC(c4nnc5n4-c4ccc(Cl)cc4CN(CC(F)(F)F)C5)C3)C2)c(F)c1. The van der Waals surface area contributed by atoms with E-state index in [9.17, 15) is 22.0 Å². The molecule has 1 spiro atoms. The molecule has 1 saturated carbocycles. The average Bonchev–Trinajstić information content (AvgIpc) is 3.02. The Bertz CT molecular complexity index is 1290. The lowest BCUT2D eigenvalue weighted by molar-refractivity contribution is -0.148. The average molecular weight is 511 g/mol. The van der Waals surface area contributed by atoms with E-state index in [-0.39, 0.29) is 30.2 Å². The van der Waals surface area contributed by atoms with Crippen LogP contribution in [0, 0.1) is 17.0 Å². The predicted octanol–water partition coefficient (Wildman–Crippen LogP) is 4.86. The van der Waals surface area contributed by atoms with Crippen molar-refractivity contribution in [2.75, 3.05) is 24.5 Å². The van der Waals surface area contributed by atoms with Gasteiger partial charge in [-0.3, -0.25) is 9.47 Å². The summed E-state index contributed by atoms with van der Waals surface area (Å²) in [5.41, 5.74) is 1.40. The smallest absolute Gasteiger partial charge is 0.353 e. The molecule has 0 N–H and O–H groups in total. The van der Waals surface area contributed by atoms with E-state index in [1.54, 1.807) is 23.1 Å². The zero-order chi connectivity index (χ0) is 24.5. The molecule has 2 fully saturated rings. The first-order valence-electron chi connectivity index (χ1n) is 11.2. The molecular formula is C23H20ClF5N6. The van der Waals surface area contributed by atoms with E-state index in [1.165, 1.54) is 4.90 Å². The van der Waals surface area contributed by atoms with Crippen LogP contribution in [0.2, 0.25) is 5.02 Å². The number of benzene rings is 1. The van der Waals surface area contributed by atoms with Crippen LogP contribution in [0.25, 0.3) is 5.69 Å². The highest BCUT2D eigenvalue weighted by molar-refractivity contribution is 6.30. The predicted molar refractivity (Wildman–Crippen MR) is 117 cm³/mol. The topological polar surface area (TPSA) is 50.1 Å². The Morgan fingerprint density at radius 1 is 1.06 bits per heavy atom. The molecule has 1 aromatic carbocycles. The molecule has 0 unspecified atom stereocenters. The van der Waals surface area contributed by atoms with Gasteiger partial charge in [0.25, 0.3) is 0 Å². The maximum Gasteiger partial charge on any atom is 0.401 e. The summed E-state index contributed by atoms with van der Waals surface area (Å²) in [5, 5.41) is 9.10. The molecule has 3 aliphatic rings. The van der Waals surface area contributed by atoms with Gasteiger partial charge >= 0.3 is 6.18 Å². The van der Waals surface area contributed by atoms with Gasteiger partial charge in [0, 0.05) is 42.1 Å². The number of pyridine rings is 1. The standard InChI is InChI=1S/C23H20ClF5N6/c24-15-1-2-18-13(3-15)8-33(12-23(27,28)29)9-19-31-32-20(35(18)19)14-5-22(6-14)10-34(11-22)21-17(26)4-16(25)7-30-21/h1-4,7,14H,5-6,8-12H2. The third-order valence-electron chi connectivity index (χ3n) is 7.06. The van der Waals surface area contributed by atoms with Gasteiger partial charge in [-0.15, -0.1) is 10.2 Å². The van der Waals surface area contributed by atoms with Crippen molar-refractivity contribution in [1.29, 1.82) is 0 Å². The number of aromatic nitrogens is 4. The molecule has 35 heavy (non-hydrogen) atoms. The van der Waals surface area contributed by atoms with Crippen LogP contribution in [0.4, 0.5) is 27.8 Å². The molecular weight excluding hydrogens is 491 g/mol. The number of nitrogens with zero attached hydrogens (tertiary/aromatic N) is 6. The number of halogens is 6. The Morgan fingerprint density at radius 3 is 2.54 bits per heavy atom. The lowest BCUT2D eigenvalue weighted by Gasteiger charge is -2.59. The van der Waals surface area contributed by atoms with Crippen molar-refractivity contribution in [1.82, 2.24) is 24.6 Å². The number of anilines is 1. The van der Waals surface area contributed by atoms with Crippen LogP contribution in [0.15, 0.2) is 30.5 Å². The van der Waals surface area contributed by atoms with E-state index in [1.807, 2.05) is 4.57 Å². The fourth-order valence-electron chi connectivity index (χ4n) is 5.70. The normalized spacial score (nSPS) is 19.7. The molecule has 0 radical (unpaired) electrons. The van der Waals surface area contributed by atoms with Crippen molar-refractivity contribution in [2.24, 2.45) is 5.41 Å². The number of hydrogen-bond acceptors (Lipinski definition) is 5. The monoisotopic (exact) mass is 510 g/mol. The first-order chi connectivity index (χ1) is 16.6. The Labute approximate surface area is 202 Å². The zero-order valence-corrected chi connectivity index (χ0v) is 19.1. The summed E-state index contributed by atoms with van der Waals surface area (Å²) >= 11 is 6.16. The van der Waals surface area contributed by atoms with Crippen LogP contribution in [0.3, 0.4) is 0 Å². The van der Waals surface area contributed by atoms with E-state index in [4.69, 9.17) is 11.6 Å². The molecule has 2 aliphatic heterocycles. The molecule has 0 bridgehead atoms. The number of alkyl halides is 3. The minimum Gasteiger partial charge on any atom is -0.353 e. The zero-order valence-electron chi connectivity index (χ0n) is 18.4. The molecule has 0 amide bonds. The molecule has 1 aliphatic carbocycles. The quantitative estimate of drug-likeness (QED) is 0.471. The molecule has 2 aromatic heterocycles. The number of hydrogen-bond donors (Lipinski definition) is 0. The minimum absolute atomic E-state index is 0.0139. The summed E-state index contributed by atoms with van der Waals surface area (Å²) in [6, 6.07) is 6.03. The summed E-state index contributed by atoms with van der Waals surface area (Å²) in [4.78, 5) is 6.97. The fourth-order valence-corrected chi connectivity index (χ4v) is 5.89. The lowest BCUT2D eigenvalue weighted by atomic mass is 9.57. The largest absolute Gasteiger partial charge is 0.401 e. The maximum atomic E-state index is 14.1. The highest BCUT2D eigenvalue weighted by atomic mass is 35.5.